The molecular weight excluding hydrogens is 248 g/mol. The zero-order valence-corrected chi connectivity index (χ0v) is 12.2. The molecule has 2 amide bonds. The lowest BCUT2D eigenvalue weighted by Gasteiger charge is -2.18. The number of rotatable bonds is 3. The van der Waals surface area contributed by atoms with Gasteiger partial charge in [0.1, 0.15) is 0 Å². The molecule has 0 saturated carbocycles. The van der Waals surface area contributed by atoms with Gasteiger partial charge in [0.15, 0.2) is 0 Å². The van der Waals surface area contributed by atoms with Gasteiger partial charge in [0.25, 0.3) is 0 Å². The Labute approximate surface area is 120 Å². The van der Waals surface area contributed by atoms with E-state index in [9.17, 15) is 4.79 Å². The van der Waals surface area contributed by atoms with Crippen LogP contribution in [0.15, 0.2) is 48.5 Å². The van der Waals surface area contributed by atoms with E-state index in [4.69, 9.17) is 0 Å². The first-order chi connectivity index (χ1) is 9.60. The van der Waals surface area contributed by atoms with Gasteiger partial charge >= 0.3 is 6.03 Å². The summed E-state index contributed by atoms with van der Waals surface area (Å²) in [7, 11) is 1.77. The summed E-state index contributed by atoms with van der Waals surface area (Å²) in [6.45, 7) is 4.12. The number of anilines is 2. The van der Waals surface area contributed by atoms with Gasteiger partial charge in [-0.15, -0.1) is 0 Å². The summed E-state index contributed by atoms with van der Waals surface area (Å²) in [5, 5.41) is 2.92. The number of carbonyl (C=O) groups excluding carboxylic acids is 1. The van der Waals surface area contributed by atoms with Crippen LogP contribution in [-0.4, -0.2) is 13.1 Å². The number of aryl methyl sites for hydroxylation is 2. The number of urea groups is 1. The number of carbonyl (C=O) groups is 1. The third-order valence-electron chi connectivity index (χ3n) is 3.31. The normalized spacial score (nSPS) is 10.2. The highest BCUT2D eigenvalue weighted by Gasteiger charge is 2.10. The minimum Gasteiger partial charge on any atom is -0.308 e. The second-order valence-corrected chi connectivity index (χ2v) is 4.88. The molecule has 0 unspecified atom stereocenters. The maximum Gasteiger partial charge on any atom is 0.326 e. The molecule has 104 valence electrons. The SMILES string of the molecule is CCc1cccc(NC(=O)N(C)c2ccc(C)cc2)c1. The fourth-order valence-electron chi connectivity index (χ4n) is 1.96. The van der Waals surface area contributed by atoms with Crippen molar-refractivity contribution >= 4 is 17.4 Å². The fourth-order valence-corrected chi connectivity index (χ4v) is 1.96. The monoisotopic (exact) mass is 268 g/mol. The quantitative estimate of drug-likeness (QED) is 0.887. The van der Waals surface area contributed by atoms with Crippen LogP contribution in [0.25, 0.3) is 0 Å². The molecule has 2 aromatic carbocycles. The average molecular weight is 268 g/mol. The van der Waals surface area contributed by atoms with Crippen LogP contribution in [0.4, 0.5) is 16.2 Å². The van der Waals surface area contributed by atoms with Crippen molar-refractivity contribution in [2.75, 3.05) is 17.3 Å². The number of hydrogen-bond donors (Lipinski definition) is 1. The number of nitrogens with zero attached hydrogens (tertiary/aromatic N) is 1. The van der Waals surface area contributed by atoms with Crippen molar-refractivity contribution in [2.45, 2.75) is 20.3 Å². The largest absolute Gasteiger partial charge is 0.326 e. The van der Waals surface area contributed by atoms with Crippen molar-refractivity contribution in [3.8, 4) is 0 Å². The second kappa shape index (κ2) is 6.24. The summed E-state index contributed by atoms with van der Waals surface area (Å²) in [5.41, 5.74) is 4.09. The van der Waals surface area contributed by atoms with E-state index in [1.54, 1.807) is 11.9 Å². The van der Waals surface area contributed by atoms with Crippen molar-refractivity contribution in [2.24, 2.45) is 0 Å². The van der Waals surface area contributed by atoms with Gasteiger partial charge in [-0.2, -0.15) is 0 Å². The molecule has 0 spiro atoms. The lowest BCUT2D eigenvalue weighted by Crippen LogP contribution is -2.31. The molecule has 0 radical (unpaired) electrons. The van der Waals surface area contributed by atoms with Gasteiger partial charge in [0.05, 0.1) is 0 Å². The summed E-state index contributed by atoms with van der Waals surface area (Å²) in [5.74, 6) is 0. The Kier molecular flexibility index (Phi) is 4.41. The highest BCUT2D eigenvalue weighted by molar-refractivity contribution is 6.01. The molecule has 0 aliphatic carbocycles. The van der Waals surface area contributed by atoms with E-state index < -0.39 is 0 Å². The van der Waals surface area contributed by atoms with Crippen LogP contribution >= 0.6 is 0 Å². The molecule has 2 aromatic rings. The van der Waals surface area contributed by atoms with Gasteiger partial charge in [-0.05, 0) is 43.2 Å². The Morgan fingerprint density at radius 2 is 1.85 bits per heavy atom. The molecule has 0 bridgehead atoms. The van der Waals surface area contributed by atoms with Gasteiger partial charge in [0, 0.05) is 18.4 Å². The number of nitrogens with one attached hydrogen (secondary N) is 1. The van der Waals surface area contributed by atoms with Gasteiger partial charge in [-0.3, -0.25) is 4.90 Å². The summed E-state index contributed by atoms with van der Waals surface area (Å²) in [4.78, 5) is 13.8. The Balaban J connectivity index is 2.09. The van der Waals surface area contributed by atoms with Gasteiger partial charge < -0.3 is 5.32 Å². The first kappa shape index (κ1) is 14.1. The van der Waals surface area contributed by atoms with E-state index >= 15 is 0 Å². The van der Waals surface area contributed by atoms with E-state index in [1.807, 2.05) is 49.4 Å². The maximum absolute atomic E-state index is 12.2. The van der Waals surface area contributed by atoms with Crippen molar-refractivity contribution in [1.29, 1.82) is 0 Å². The Hall–Kier alpha value is -2.29. The molecule has 20 heavy (non-hydrogen) atoms. The highest BCUT2D eigenvalue weighted by Crippen LogP contribution is 2.16. The van der Waals surface area contributed by atoms with E-state index in [0.717, 1.165) is 17.8 Å². The molecule has 0 aliphatic heterocycles. The summed E-state index contributed by atoms with van der Waals surface area (Å²) in [6.07, 6.45) is 0.956. The Morgan fingerprint density at radius 3 is 2.50 bits per heavy atom. The van der Waals surface area contributed by atoms with Crippen LogP contribution in [0, 0.1) is 6.92 Å². The standard InChI is InChI=1S/C17H20N2O/c1-4-14-6-5-7-15(12-14)18-17(20)19(3)16-10-8-13(2)9-11-16/h5-12H,4H2,1-3H3,(H,18,20). The van der Waals surface area contributed by atoms with E-state index in [2.05, 4.69) is 18.3 Å². The van der Waals surface area contributed by atoms with Crippen LogP contribution in [0.3, 0.4) is 0 Å². The molecule has 0 atom stereocenters. The van der Waals surface area contributed by atoms with Gasteiger partial charge in [-0.25, -0.2) is 4.79 Å². The fraction of sp³-hybridized carbons (Fsp3) is 0.235. The first-order valence-electron chi connectivity index (χ1n) is 6.80. The third kappa shape index (κ3) is 3.38. The molecule has 3 heteroatoms. The number of amides is 2. The van der Waals surface area contributed by atoms with E-state index in [-0.39, 0.29) is 6.03 Å². The molecule has 0 aliphatic rings. The topological polar surface area (TPSA) is 32.3 Å². The second-order valence-electron chi connectivity index (χ2n) is 4.88. The predicted molar refractivity (Wildman–Crippen MR) is 84.4 cm³/mol. The zero-order chi connectivity index (χ0) is 14.5. The molecule has 0 heterocycles. The molecule has 0 saturated heterocycles. The molecule has 2 rings (SSSR count). The third-order valence-corrected chi connectivity index (χ3v) is 3.31. The number of benzene rings is 2. The van der Waals surface area contributed by atoms with Crippen LogP contribution in [0.5, 0.6) is 0 Å². The predicted octanol–water partition coefficient (Wildman–Crippen LogP) is 4.23. The summed E-state index contributed by atoms with van der Waals surface area (Å²) in [6, 6.07) is 15.7. The lowest BCUT2D eigenvalue weighted by molar-refractivity contribution is 0.258. The van der Waals surface area contributed by atoms with Crippen LogP contribution in [-0.2, 0) is 6.42 Å². The van der Waals surface area contributed by atoms with Gasteiger partial charge in [0.2, 0.25) is 0 Å². The maximum atomic E-state index is 12.2. The Morgan fingerprint density at radius 1 is 1.15 bits per heavy atom. The van der Waals surface area contributed by atoms with Crippen molar-refractivity contribution in [3.05, 3.63) is 59.7 Å². The van der Waals surface area contributed by atoms with Crippen molar-refractivity contribution < 1.29 is 4.79 Å². The first-order valence-corrected chi connectivity index (χ1v) is 6.80. The molecular formula is C17H20N2O. The zero-order valence-electron chi connectivity index (χ0n) is 12.2. The highest BCUT2D eigenvalue weighted by atomic mass is 16.2. The van der Waals surface area contributed by atoms with Crippen LogP contribution < -0.4 is 10.2 Å². The molecule has 0 aromatic heterocycles. The molecule has 0 fully saturated rings. The van der Waals surface area contributed by atoms with Gasteiger partial charge in [-0.1, -0.05) is 36.8 Å². The van der Waals surface area contributed by atoms with E-state index in [0.29, 0.717) is 0 Å². The lowest BCUT2D eigenvalue weighted by atomic mass is 10.1. The molecule has 1 N–H and O–H groups in total. The Bertz CT molecular complexity index is 590. The van der Waals surface area contributed by atoms with Crippen molar-refractivity contribution in [3.63, 3.8) is 0 Å². The minimum absolute atomic E-state index is 0.137. The van der Waals surface area contributed by atoms with Crippen molar-refractivity contribution in [1.82, 2.24) is 0 Å². The number of hydrogen-bond acceptors (Lipinski definition) is 1. The van der Waals surface area contributed by atoms with E-state index in [1.165, 1.54) is 11.1 Å². The minimum atomic E-state index is -0.137. The summed E-state index contributed by atoms with van der Waals surface area (Å²) < 4.78 is 0. The average Bonchev–Trinajstić information content (AvgIpc) is 2.47. The smallest absolute Gasteiger partial charge is 0.308 e. The molecule has 3 nitrogen and oxygen atoms in total. The summed E-state index contributed by atoms with van der Waals surface area (Å²) >= 11 is 0. The van der Waals surface area contributed by atoms with Crippen LogP contribution in [0.2, 0.25) is 0 Å². The van der Waals surface area contributed by atoms with Crippen LogP contribution in [0.1, 0.15) is 18.1 Å².